The zero-order chi connectivity index (χ0) is 25.4. The SMILES string of the molecule is Cc1ccc(C)c(N2CC(c3nc4ccccc4n3CCCOc3cccc4ccccc34)CC2=O)c1. The highest BCUT2D eigenvalue weighted by Gasteiger charge is 2.35. The molecule has 0 bridgehead atoms. The van der Waals surface area contributed by atoms with Crippen molar-refractivity contribution in [1.29, 1.82) is 0 Å². The van der Waals surface area contributed by atoms with Gasteiger partial charge in [0.25, 0.3) is 0 Å². The molecular weight excluding hydrogens is 458 g/mol. The van der Waals surface area contributed by atoms with Gasteiger partial charge in [-0.2, -0.15) is 0 Å². The Morgan fingerprint density at radius 2 is 1.76 bits per heavy atom. The minimum absolute atomic E-state index is 0.0544. The van der Waals surface area contributed by atoms with E-state index in [9.17, 15) is 4.79 Å². The second-order valence-corrected chi connectivity index (χ2v) is 9.98. The Morgan fingerprint density at radius 3 is 2.68 bits per heavy atom. The first kappa shape index (κ1) is 23.3. The molecule has 37 heavy (non-hydrogen) atoms. The summed E-state index contributed by atoms with van der Waals surface area (Å²) in [6, 6.07) is 29.0. The summed E-state index contributed by atoms with van der Waals surface area (Å²) in [6.45, 7) is 6.19. The van der Waals surface area contributed by atoms with Crippen LogP contribution in [-0.4, -0.2) is 28.6 Å². The van der Waals surface area contributed by atoms with Crippen molar-refractivity contribution in [1.82, 2.24) is 9.55 Å². The van der Waals surface area contributed by atoms with E-state index < -0.39 is 0 Å². The maximum Gasteiger partial charge on any atom is 0.227 e. The summed E-state index contributed by atoms with van der Waals surface area (Å²) in [6.07, 6.45) is 1.32. The Balaban J connectivity index is 1.22. The lowest BCUT2D eigenvalue weighted by molar-refractivity contribution is -0.117. The van der Waals surface area contributed by atoms with Gasteiger partial charge in [-0.1, -0.05) is 60.7 Å². The Hall–Kier alpha value is -4.12. The zero-order valence-corrected chi connectivity index (χ0v) is 21.4. The van der Waals surface area contributed by atoms with E-state index in [0.29, 0.717) is 19.6 Å². The molecule has 1 amide bonds. The number of aromatic nitrogens is 2. The largest absolute Gasteiger partial charge is 0.493 e. The van der Waals surface area contributed by atoms with Gasteiger partial charge in [0.1, 0.15) is 11.6 Å². The predicted octanol–water partition coefficient (Wildman–Crippen LogP) is 6.80. The van der Waals surface area contributed by atoms with Crippen LogP contribution in [0, 0.1) is 13.8 Å². The molecule has 0 saturated carbocycles. The number of nitrogens with zero attached hydrogens (tertiary/aromatic N) is 3. The van der Waals surface area contributed by atoms with Crippen LogP contribution in [0.5, 0.6) is 5.75 Å². The van der Waals surface area contributed by atoms with E-state index in [1.54, 1.807) is 0 Å². The molecule has 1 saturated heterocycles. The summed E-state index contributed by atoms with van der Waals surface area (Å²) >= 11 is 0. The number of fused-ring (bicyclic) bond motifs is 2. The van der Waals surface area contributed by atoms with E-state index in [-0.39, 0.29) is 11.8 Å². The Kier molecular flexibility index (Phi) is 6.13. The third-order valence-corrected chi connectivity index (χ3v) is 7.36. The molecule has 5 heteroatoms. The van der Waals surface area contributed by atoms with Crippen LogP contribution in [0.4, 0.5) is 5.69 Å². The summed E-state index contributed by atoms with van der Waals surface area (Å²) in [5.74, 6) is 2.13. The maximum absolute atomic E-state index is 13.1. The molecule has 0 N–H and O–H groups in total. The third kappa shape index (κ3) is 4.46. The smallest absolute Gasteiger partial charge is 0.227 e. The van der Waals surface area contributed by atoms with Crippen molar-refractivity contribution in [2.24, 2.45) is 0 Å². The number of hydrogen-bond acceptors (Lipinski definition) is 3. The number of hydrogen-bond donors (Lipinski definition) is 0. The van der Waals surface area contributed by atoms with E-state index >= 15 is 0 Å². The molecule has 1 unspecified atom stereocenters. The lowest BCUT2D eigenvalue weighted by atomic mass is 10.1. The van der Waals surface area contributed by atoms with Gasteiger partial charge in [0, 0.05) is 36.5 Å². The molecule has 0 radical (unpaired) electrons. The van der Waals surface area contributed by atoms with Gasteiger partial charge < -0.3 is 14.2 Å². The fourth-order valence-electron chi connectivity index (χ4n) is 5.49. The molecular formula is C32H31N3O2. The molecule has 0 aliphatic carbocycles. The monoisotopic (exact) mass is 489 g/mol. The Labute approximate surface area is 217 Å². The average molecular weight is 490 g/mol. The topological polar surface area (TPSA) is 47.4 Å². The van der Waals surface area contributed by atoms with E-state index in [0.717, 1.165) is 57.8 Å². The number of imidazole rings is 1. The van der Waals surface area contributed by atoms with Crippen LogP contribution in [0.1, 0.15) is 35.7 Å². The van der Waals surface area contributed by atoms with E-state index in [1.807, 2.05) is 35.2 Å². The molecule has 1 fully saturated rings. The van der Waals surface area contributed by atoms with Crippen LogP contribution < -0.4 is 9.64 Å². The minimum Gasteiger partial charge on any atom is -0.493 e. The molecule has 4 aromatic carbocycles. The molecule has 1 atom stereocenters. The number of carbonyl (C=O) groups excluding carboxylic acids is 1. The van der Waals surface area contributed by atoms with Gasteiger partial charge in [0.15, 0.2) is 0 Å². The second-order valence-electron chi connectivity index (χ2n) is 9.98. The number of benzene rings is 4. The van der Waals surface area contributed by atoms with Gasteiger partial charge in [-0.05, 0) is 61.0 Å². The van der Waals surface area contributed by atoms with Crippen molar-refractivity contribution in [2.75, 3.05) is 18.1 Å². The highest BCUT2D eigenvalue weighted by molar-refractivity contribution is 5.97. The molecule has 186 valence electrons. The van der Waals surface area contributed by atoms with Gasteiger partial charge >= 0.3 is 0 Å². The van der Waals surface area contributed by atoms with Gasteiger partial charge in [0.05, 0.1) is 17.6 Å². The van der Waals surface area contributed by atoms with Crippen LogP contribution in [0.25, 0.3) is 21.8 Å². The standard InChI is InChI=1S/C32H31N3O2/c1-22-15-16-23(2)29(19-22)35-21-25(20-31(35)36)32-33-27-12-5-6-13-28(27)34(32)17-8-18-37-30-14-7-10-24-9-3-4-11-26(24)30/h3-7,9-16,19,25H,8,17-18,20-21H2,1-2H3. The molecule has 5 aromatic rings. The van der Waals surface area contributed by atoms with Crippen molar-refractivity contribution >= 4 is 33.4 Å². The van der Waals surface area contributed by atoms with Crippen LogP contribution in [0.15, 0.2) is 84.9 Å². The number of anilines is 1. The molecule has 1 aromatic heterocycles. The first-order valence-electron chi connectivity index (χ1n) is 13.0. The number of amides is 1. The highest BCUT2D eigenvalue weighted by Crippen LogP contribution is 2.35. The van der Waals surface area contributed by atoms with Crippen LogP contribution in [-0.2, 0) is 11.3 Å². The third-order valence-electron chi connectivity index (χ3n) is 7.36. The van der Waals surface area contributed by atoms with Crippen molar-refractivity contribution in [3.05, 3.63) is 102 Å². The van der Waals surface area contributed by atoms with Gasteiger partial charge in [-0.3, -0.25) is 4.79 Å². The first-order valence-corrected chi connectivity index (χ1v) is 13.0. The quantitative estimate of drug-likeness (QED) is 0.236. The predicted molar refractivity (Wildman–Crippen MR) is 149 cm³/mol. The van der Waals surface area contributed by atoms with Crippen molar-refractivity contribution < 1.29 is 9.53 Å². The number of aryl methyl sites for hydroxylation is 3. The highest BCUT2D eigenvalue weighted by atomic mass is 16.5. The van der Waals surface area contributed by atoms with Crippen molar-refractivity contribution in [3.63, 3.8) is 0 Å². The second kappa shape index (κ2) is 9.74. The summed E-state index contributed by atoms with van der Waals surface area (Å²) in [4.78, 5) is 20.1. The lowest BCUT2D eigenvalue weighted by Crippen LogP contribution is -2.25. The van der Waals surface area contributed by atoms with E-state index in [1.165, 1.54) is 5.39 Å². The number of para-hydroxylation sites is 2. The summed E-state index contributed by atoms with van der Waals surface area (Å²) in [5.41, 5.74) is 5.39. The zero-order valence-electron chi connectivity index (χ0n) is 21.4. The molecule has 0 spiro atoms. The molecule has 5 nitrogen and oxygen atoms in total. The van der Waals surface area contributed by atoms with Gasteiger partial charge in [0.2, 0.25) is 5.91 Å². The number of rotatable bonds is 7. The maximum atomic E-state index is 13.1. The Bertz CT molecular complexity index is 1600. The molecule has 2 heterocycles. The van der Waals surface area contributed by atoms with Crippen LogP contribution >= 0.6 is 0 Å². The summed E-state index contributed by atoms with van der Waals surface area (Å²) in [5, 5.41) is 2.32. The van der Waals surface area contributed by atoms with Crippen molar-refractivity contribution in [2.45, 2.75) is 39.2 Å². The molecule has 1 aliphatic heterocycles. The van der Waals surface area contributed by atoms with Crippen molar-refractivity contribution in [3.8, 4) is 5.75 Å². The van der Waals surface area contributed by atoms with E-state index in [2.05, 4.69) is 73.0 Å². The fourth-order valence-corrected chi connectivity index (χ4v) is 5.49. The summed E-state index contributed by atoms with van der Waals surface area (Å²) in [7, 11) is 0. The Morgan fingerprint density at radius 1 is 0.946 bits per heavy atom. The number of ether oxygens (including phenoxy) is 1. The summed E-state index contributed by atoms with van der Waals surface area (Å²) < 4.78 is 8.51. The fraction of sp³-hybridized carbons (Fsp3) is 0.250. The average Bonchev–Trinajstić information content (AvgIpc) is 3.48. The van der Waals surface area contributed by atoms with Crippen LogP contribution in [0.3, 0.4) is 0 Å². The normalized spacial score (nSPS) is 15.7. The lowest BCUT2D eigenvalue weighted by Gasteiger charge is -2.20. The van der Waals surface area contributed by atoms with Crippen LogP contribution in [0.2, 0.25) is 0 Å². The van der Waals surface area contributed by atoms with E-state index in [4.69, 9.17) is 9.72 Å². The number of carbonyl (C=O) groups is 1. The minimum atomic E-state index is 0.0544. The van der Waals surface area contributed by atoms with Gasteiger partial charge in [-0.15, -0.1) is 0 Å². The molecule has 1 aliphatic rings. The molecule has 6 rings (SSSR count). The first-order chi connectivity index (χ1) is 18.1. The van der Waals surface area contributed by atoms with Gasteiger partial charge in [-0.25, -0.2) is 4.98 Å².